The van der Waals surface area contributed by atoms with Gasteiger partial charge in [0.2, 0.25) is 0 Å². The van der Waals surface area contributed by atoms with Gasteiger partial charge < -0.3 is 15.0 Å². The summed E-state index contributed by atoms with van der Waals surface area (Å²) < 4.78 is 5.46. The zero-order chi connectivity index (χ0) is 18.2. The van der Waals surface area contributed by atoms with Gasteiger partial charge in [0.15, 0.2) is 6.61 Å². The van der Waals surface area contributed by atoms with E-state index < -0.39 is 0 Å². The van der Waals surface area contributed by atoms with E-state index in [4.69, 9.17) is 4.74 Å². The number of hydrogen-bond acceptors (Lipinski definition) is 3. The first-order valence-corrected chi connectivity index (χ1v) is 8.42. The predicted molar refractivity (Wildman–Crippen MR) is 99.0 cm³/mol. The number of carbonyl (C=O) groups excluding carboxylic acids is 2. The van der Waals surface area contributed by atoms with Gasteiger partial charge in [0.05, 0.1) is 0 Å². The maximum atomic E-state index is 12.4. The Hall–Kier alpha value is -2.82. The number of anilines is 1. The van der Waals surface area contributed by atoms with E-state index in [0.29, 0.717) is 30.1 Å². The highest BCUT2D eigenvalue weighted by molar-refractivity contribution is 5.97. The molecule has 0 saturated heterocycles. The van der Waals surface area contributed by atoms with Gasteiger partial charge in [0.1, 0.15) is 5.75 Å². The number of amides is 2. The second kappa shape index (κ2) is 8.87. The minimum Gasteiger partial charge on any atom is -0.484 e. The van der Waals surface area contributed by atoms with Crippen molar-refractivity contribution in [1.82, 2.24) is 4.90 Å². The van der Waals surface area contributed by atoms with Crippen LogP contribution in [0, 0.1) is 6.92 Å². The monoisotopic (exact) mass is 340 g/mol. The maximum Gasteiger partial charge on any atom is 0.262 e. The Balaban J connectivity index is 1.95. The number of hydrogen-bond donors (Lipinski definition) is 1. The third kappa shape index (κ3) is 5.35. The van der Waals surface area contributed by atoms with Gasteiger partial charge >= 0.3 is 0 Å². The van der Waals surface area contributed by atoms with Gasteiger partial charge in [-0.2, -0.15) is 0 Å². The van der Waals surface area contributed by atoms with Crippen LogP contribution in [0.15, 0.2) is 48.5 Å². The first-order valence-electron chi connectivity index (χ1n) is 8.42. The lowest BCUT2D eigenvalue weighted by atomic mass is 10.1. The van der Waals surface area contributed by atoms with Crippen molar-refractivity contribution >= 4 is 17.5 Å². The summed E-state index contributed by atoms with van der Waals surface area (Å²) in [5, 5.41) is 2.76. The summed E-state index contributed by atoms with van der Waals surface area (Å²) in [7, 11) is 0. The largest absolute Gasteiger partial charge is 0.484 e. The van der Waals surface area contributed by atoms with Gasteiger partial charge in [0.25, 0.3) is 11.8 Å². The van der Waals surface area contributed by atoms with Crippen LogP contribution in [-0.4, -0.2) is 36.4 Å². The Kier molecular flexibility index (Phi) is 6.57. The fraction of sp³-hybridized carbons (Fsp3) is 0.300. The highest BCUT2D eigenvalue weighted by atomic mass is 16.5. The molecule has 2 amide bonds. The molecular formula is C20H24N2O3. The van der Waals surface area contributed by atoms with Crippen LogP contribution in [0.3, 0.4) is 0 Å². The van der Waals surface area contributed by atoms with Crippen molar-refractivity contribution in [2.24, 2.45) is 0 Å². The van der Waals surface area contributed by atoms with E-state index in [1.807, 2.05) is 45.0 Å². The summed E-state index contributed by atoms with van der Waals surface area (Å²) in [5.41, 5.74) is 2.27. The highest BCUT2D eigenvalue weighted by Crippen LogP contribution is 2.14. The Morgan fingerprint density at radius 2 is 1.72 bits per heavy atom. The molecule has 2 rings (SSSR count). The molecule has 2 aromatic rings. The Labute approximate surface area is 148 Å². The number of aryl methyl sites for hydroxylation is 1. The van der Waals surface area contributed by atoms with E-state index in [2.05, 4.69) is 5.32 Å². The van der Waals surface area contributed by atoms with Crippen LogP contribution in [0.5, 0.6) is 5.75 Å². The molecule has 0 atom stereocenters. The number of ether oxygens (including phenoxy) is 1. The lowest BCUT2D eigenvalue weighted by Crippen LogP contribution is -2.30. The molecule has 0 aliphatic heterocycles. The van der Waals surface area contributed by atoms with Gasteiger partial charge in [0, 0.05) is 24.3 Å². The minimum absolute atomic E-state index is 0.0444. The molecule has 0 aliphatic rings. The summed E-state index contributed by atoms with van der Waals surface area (Å²) in [6.07, 6.45) is 0. The van der Waals surface area contributed by atoms with E-state index in [-0.39, 0.29) is 18.4 Å². The predicted octanol–water partition coefficient (Wildman–Crippen LogP) is 3.49. The normalized spacial score (nSPS) is 10.2. The molecule has 0 radical (unpaired) electrons. The molecule has 25 heavy (non-hydrogen) atoms. The summed E-state index contributed by atoms with van der Waals surface area (Å²) in [6, 6.07) is 14.4. The molecule has 0 saturated carbocycles. The van der Waals surface area contributed by atoms with Crippen molar-refractivity contribution in [2.45, 2.75) is 20.8 Å². The second-order valence-electron chi connectivity index (χ2n) is 5.71. The van der Waals surface area contributed by atoms with Crippen LogP contribution in [0.2, 0.25) is 0 Å². The molecule has 5 heteroatoms. The zero-order valence-electron chi connectivity index (χ0n) is 14.9. The molecule has 0 spiro atoms. The fourth-order valence-corrected chi connectivity index (χ4v) is 2.40. The van der Waals surface area contributed by atoms with Crippen LogP contribution < -0.4 is 10.1 Å². The number of carbonyl (C=O) groups is 2. The molecule has 0 heterocycles. The number of rotatable bonds is 7. The third-order valence-electron chi connectivity index (χ3n) is 3.83. The fourth-order valence-electron chi connectivity index (χ4n) is 2.40. The van der Waals surface area contributed by atoms with Gasteiger partial charge in [-0.1, -0.05) is 23.8 Å². The lowest BCUT2D eigenvalue weighted by Gasteiger charge is -2.19. The SMILES string of the molecule is CCN(CC)C(=O)c1cccc(NC(=O)COc2ccc(C)cc2)c1. The third-order valence-corrected chi connectivity index (χ3v) is 3.83. The summed E-state index contributed by atoms with van der Waals surface area (Å²) >= 11 is 0. The summed E-state index contributed by atoms with van der Waals surface area (Å²) in [6.45, 7) is 7.08. The van der Waals surface area contributed by atoms with Crippen molar-refractivity contribution in [3.63, 3.8) is 0 Å². The van der Waals surface area contributed by atoms with Gasteiger partial charge in [-0.05, 0) is 51.1 Å². The van der Waals surface area contributed by atoms with Gasteiger partial charge in [-0.25, -0.2) is 0 Å². The van der Waals surface area contributed by atoms with Crippen molar-refractivity contribution in [2.75, 3.05) is 25.0 Å². The molecule has 2 aromatic carbocycles. The Morgan fingerprint density at radius 1 is 1.04 bits per heavy atom. The van der Waals surface area contributed by atoms with E-state index in [1.165, 1.54) is 0 Å². The minimum atomic E-state index is -0.270. The van der Waals surface area contributed by atoms with Crippen molar-refractivity contribution in [3.8, 4) is 5.75 Å². The highest BCUT2D eigenvalue weighted by Gasteiger charge is 2.13. The molecule has 0 aromatic heterocycles. The Morgan fingerprint density at radius 3 is 2.36 bits per heavy atom. The van der Waals surface area contributed by atoms with E-state index in [1.54, 1.807) is 29.2 Å². The summed E-state index contributed by atoms with van der Waals surface area (Å²) in [5.74, 6) is 0.330. The number of benzene rings is 2. The quantitative estimate of drug-likeness (QED) is 0.839. The first kappa shape index (κ1) is 18.5. The molecule has 5 nitrogen and oxygen atoms in total. The van der Waals surface area contributed by atoms with Crippen LogP contribution in [0.1, 0.15) is 29.8 Å². The molecular weight excluding hydrogens is 316 g/mol. The van der Waals surface area contributed by atoms with Crippen LogP contribution in [0.25, 0.3) is 0 Å². The van der Waals surface area contributed by atoms with E-state index >= 15 is 0 Å². The average molecular weight is 340 g/mol. The topological polar surface area (TPSA) is 58.6 Å². The standard InChI is InChI=1S/C20H24N2O3/c1-4-22(5-2)20(24)16-7-6-8-17(13-16)21-19(23)14-25-18-11-9-15(3)10-12-18/h6-13H,4-5,14H2,1-3H3,(H,21,23). The van der Waals surface area contributed by atoms with Crippen LogP contribution in [-0.2, 0) is 4.79 Å². The molecule has 0 fully saturated rings. The molecule has 132 valence electrons. The zero-order valence-corrected chi connectivity index (χ0v) is 14.9. The van der Waals surface area contributed by atoms with E-state index in [0.717, 1.165) is 5.56 Å². The number of nitrogens with one attached hydrogen (secondary N) is 1. The maximum absolute atomic E-state index is 12.4. The molecule has 0 bridgehead atoms. The molecule has 0 unspecified atom stereocenters. The average Bonchev–Trinajstić information content (AvgIpc) is 2.62. The second-order valence-corrected chi connectivity index (χ2v) is 5.71. The lowest BCUT2D eigenvalue weighted by molar-refractivity contribution is -0.118. The van der Waals surface area contributed by atoms with Crippen LogP contribution in [0.4, 0.5) is 5.69 Å². The summed E-state index contributed by atoms with van der Waals surface area (Å²) in [4.78, 5) is 26.2. The van der Waals surface area contributed by atoms with Crippen LogP contribution >= 0.6 is 0 Å². The van der Waals surface area contributed by atoms with Gasteiger partial charge in [-0.15, -0.1) is 0 Å². The molecule has 0 aliphatic carbocycles. The van der Waals surface area contributed by atoms with E-state index in [9.17, 15) is 9.59 Å². The smallest absolute Gasteiger partial charge is 0.262 e. The van der Waals surface area contributed by atoms with Crippen molar-refractivity contribution < 1.29 is 14.3 Å². The van der Waals surface area contributed by atoms with Crippen molar-refractivity contribution in [3.05, 3.63) is 59.7 Å². The molecule has 1 N–H and O–H groups in total. The first-order chi connectivity index (χ1) is 12.0. The number of nitrogens with zero attached hydrogens (tertiary/aromatic N) is 1. The van der Waals surface area contributed by atoms with Crippen molar-refractivity contribution in [1.29, 1.82) is 0 Å². The van der Waals surface area contributed by atoms with Gasteiger partial charge in [-0.3, -0.25) is 9.59 Å². The Bertz CT molecular complexity index is 722.